The summed E-state index contributed by atoms with van der Waals surface area (Å²) in [6.45, 7) is 0. The number of nitrogens with two attached hydrogens (primary N) is 1. The van der Waals surface area contributed by atoms with Gasteiger partial charge in [-0.1, -0.05) is 0 Å². The molecule has 5 nitrogen and oxygen atoms in total. The smallest absolute Gasteiger partial charge is 0.257 e. The summed E-state index contributed by atoms with van der Waals surface area (Å²) in [5, 5.41) is 4.79. The van der Waals surface area contributed by atoms with Gasteiger partial charge in [0.15, 0.2) is 0 Å². The molecule has 0 atom stereocenters. The standard InChI is InChI=1S/C13H11BrN2O3S/c1-19-7-2-3-10(14)9(6-7)12(18)16-13-8(11(15)17)4-5-20-13/h2-6H,1H3,(H2,15,17)(H,16,18). The van der Waals surface area contributed by atoms with Crippen LogP contribution in [0, 0.1) is 0 Å². The van der Waals surface area contributed by atoms with E-state index in [0.717, 1.165) is 0 Å². The van der Waals surface area contributed by atoms with Gasteiger partial charge in [-0.15, -0.1) is 11.3 Å². The van der Waals surface area contributed by atoms with Crippen molar-refractivity contribution in [3.05, 3.63) is 45.2 Å². The number of primary amides is 1. The number of hydrogen-bond acceptors (Lipinski definition) is 4. The van der Waals surface area contributed by atoms with E-state index in [4.69, 9.17) is 10.5 Å². The summed E-state index contributed by atoms with van der Waals surface area (Å²) in [5.41, 5.74) is 5.94. The Morgan fingerprint density at radius 2 is 2.05 bits per heavy atom. The molecule has 0 radical (unpaired) electrons. The molecule has 0 aliphatic rings. The van der Waals surface area contributed by atoms with Crippen LogP contribution in [0.4, 0.5) is 5.00 Å². The maximum atomic E-state index is 12.2. The van der Waals surface area contributed by atoms with Crippen LogP contribution in [-0.2, 0) is 0 Å². The molecule has 0 unspecified atom stereocenters. The first kappa shape index (κ1) is 14.5. The lowest BCUT2D eigenvalue weighted by Crippen LogP contribution is -2.16. The molecule has 0 fully saturated rings. The van der Waals surface area contributed by atoms with Crippen LogP contribution < -0.4 is 15.8 Å². The van der Waals surface area contributed by atoms with E-state index in [2.05, 4.69) is 21.2 Å². The van der Waals surface area contributed by atoms with Crippen molar-refractivity contribution < 1.29 is 14.3 Å². The topological polar surface area (TPSA) is 81.4 Å². The number of ether oxygens (including phenoxy) is 1. The SMILES string of the molecule is COc1ccc(Br)c(C(=O)Nc2sccc2C(N)=O)c1. The van der Waals surface area contributed by atoms with Gasteiger partial charge in [0.25, 0.3) is 11.8 Å². The number of carbonyl (C=O) groups excluding carboxylic acids is 2. The predicted molar refractivity (Wildman–Crippen MR) is 81.5 cm³/mol. The molecule has 1 heterocycles. The molecule has 0 saturated carbocycles. The minimum atomic E-state index is -0.578. The maximum Gasteiger partial charge on any atom is 0.257 e. The zero-order valence-electron chi connectivity index (χ0n) is 10.5. The lowest BCUT2D eigenvalue weighted by atomic mass is 10.2. The fourth-order valence-electron chi connectivity index (χ4n) is 1.58. The van der Waals surface area contributed by atoms with Gasteiger partial charge in [-0.05, 0) is 45.6 Å². The number of hydrogen-bond donors (Lipinski definition) is 2. The fourth-order valence-corrected chi connectivity index (χ4v) is 2.79. The Kier molecular flexibility index (Phi) is 4.41. The number of benzene rings is 1. The van der Waals surface area contributed by atoms with Crippen molar-refractivity contribution in [3.63, 3.8) is 0 Å². The zero-order chi connectivity index (χ0) is 14.7. The molecule has 0 bridgehead atoms. The molecule has 1 aromatic heterocycles. The normalized spacial score (nSPS) is 10.1. The molecule has 0 spiro atoms. The summed E-state index contributed by atoms with van der Waals surface area (Å²) in [5.74, 6) is -0.355. The Morgan fingerprint density at radius 3 is 2.70 bits per heavy atom. The number of methoxy groups -OCH3 is 1. The van der Waals surface area contributed by atoms with Crippen LogP contribution in [0.25, 0.3) is 0 Å². The van der Waals surface area contributed by atoms with Gasteiger partial charge < -0.3 is 15.8 Å². The Hall–Kier alpha value is -1.86. The summed E-state index contributed by atoms with van der Waals surface area (Å²) in [4.78, 5) is 23.5. The molecule has 3 N–H and O–H groups in total. The first-order valence-electron chi connectivity index (χ1n) is 5.55. The number of amides is 2. The lowest BCUT2D eigenvalue weighted by Gasteiger charge is -2.08. The minimum Gasteiger partial charge on any atom is -0.497 e. The van der Waals surface area contributed by atoms with Crippen molar-refractivity contribution in [1.29, 1.82) is 0 Å². The van der Waals surface area contributed by atoms with E-state index in [0.29, 0.717) is 26.4 Å². The van der Waals surface area contributed by atoms with Crippen molar-refractivity contribution >= 4 is 44.1 Å². The van der Waals surface area contributed by atoms with Crippen molar-refractivity contribution in [3.8, 4) is 5.75 Å². The Labute approximate surface area is 127 Å². The molecule has 0 aliphatic carbocycles. The van der Waals surface area contributed by atoms with Crippen LogP contribution >= 0.6 is 27.3 Å². The molecule has 0 saturated heterocycles. The van der Waals surface area contributed by atoms with Gasteiger partial charge in [0.2, 0.25) is 0 Å². The van der Waals surface area contributed by atoms with Gasteiger partial charge >= 0.3 is 0 Å². The van der Waals surface area contributed by atoms with E-state index in [1.807, 2.05) is 0 Å². The first-order valence-corrected chi connectivity index (χ1v) is 7.22. The molecule has 20 heavy (non-hydrogen) atoms. The Bertz CT molecular complexity index is 669. The largest absolute Gasteiger partial charge is 0.497 e. The Balaban J connectivity index is 2.28. The summed E-state index contributed by atoms with van der Waals surface area (Å²) in [6.07, 6.45) is 0. The van der Waals surface area contributed by atoms with Gasteiger partial charge in [0.1, 0.15) is 10.8 Å². The third-order valence-corrected chi connectivity index (χ3v) is 4.10. The molecule has 7 heteroatoms. The van der Waals surface area contributed by atoms with E-state index < -0.39 is 5.91 Å². The maximum absolute atomic E-state index is 12.2. The fraction of sp³-hybridized carbons (Fsp3) is 0.0769. The quantitative estimate of drug-likeness (QED) is 0.885. The van der Waals surface area contributed by atoms with Crippen molar-refractivity contribution in [2.45, 2.75) is 0 Å². The number of rotatable bonds is 4. The van der Waals surface area contributed by atoms with Crippen LogP contribution in [-0.4, -0.2) is 18.9 Å². The van der Waals surface area contributed by atoms with Crippen LogP contribution in [0.5, 0.6) is 5.75 Å². The van der Waals surface area contributed by atoms with Crippen molar-refractivity contribution in [2.24, 2.45) is 5.73 Å². The lowest BCUT2D eigenvalue weighted by molar-refractivity contribution is 0.100. The third kappa shape index (κ3) is 3.00. The van der Waals surface area contributed by atoms with Gasteiger partial charge in [-0.3, -0.25) is 9.59 Å². The van der Waals surface area contributed by atoms with Crippen molar-refractivity contribution in [2.75, 3.05) is 12.4 Å². The van der Waals surface area contributed by atoms with Crippen LogP contribution in [0.2, 0.25) is 0 Å². The molecule has 2 aromatic rings. The number of thiophene rings is 1. The minimum absolute atomic E-state index is 0.294. The molecule has 0 aliphatic heterocycles. The van der Waals surface area contributed by atoms with E-state index >= 15 is 0 Å². The van der Waals surface area contributed by atoms with Gasteiger partial charge in [-0.2, -0.15) is 0 Å². The molecule has 104 valence electrons. The van der Waals surface area contributed by atoms with Gasteiger partial charge in [0.05, 0.1) is 18.2 Å². The van der Waals surface area contributed by atoms with Gasteiger partial charge in [0, 0.05) is 4.47 Å². The predicted octanol–water partition coefficient (Wildman–Crippen LogP) is 2.87. The van der Waals surface area contributed by atoms with Crippen LogP contribution in [0.15, 0.2) is 34.1 Å². The second-order valence-electron chi connectivity index (χ2n) is 3.83. The first-order chi connectivity index (χ1) is 9.52. The van der Waals surface area contributed by atoms with Crippen LogP contribution in [0.3, 0.4) is 0 Å². The van der Waals surface area contributed by atoms with Crippen molar-refractivity contribution in [1.82, 2.24) is 0 Å². The second kappa shape index (κ2) is 6.06. The molecular formula is C13H11BrN2O3S. The average Bonchev–Trinajstić information content (AvgIpc) is 2.87. The average molecular weight is 355 g/mol. The van der Waals surface area contributed by atoms with Crippen LogP contribution in [0.1, 0.15) is 20.7 Å². The highest BCUT2D eigenvalue weighted by Crippen LogP contribution is 2.26. The summed E-state index contributed by atoms with van der Waals surface area (Å²) in [6, 6.07) is 6.64. The zero-order valence-corrected chi connectivity index (χ0v) is 12.9. The summed E-state index contributed by atoms with van der Waals surface area (Å²) in [7, 11) is 1.52. The van der Waals surface area contributed by atoms with E-state index in [-0.39, 0.29) is 5.91 Å². The number of nitrogens with one attached hydrogen (secondary N) is 1. The molecule has 2 rings (SSSR count). The van der Waals surface area contributed by atoms with E-state index in [9.17, 15) is 9.59 Å². The van der Waals surface area contributed by atoms with E-state index in [1.54, 1.807) is 29.6 Å². The summed E-state index contributed by atoms with van der Waals surface area (Å²) < 4.78 is 5.72. The monoisotopic (exact) mass is 354 g/mol. The molecular weight excluding hydrogens is 344 g/mol. The highest BCUT2D eigenvalue weighted by atomic mass is 79.9. The molecule has 1 aromatic carbocycles. The third-order valence-electron chi connectivity index (χ3n) is 2.58. The van der Waals surface area contributed by atoms with E-state index in [1.165, 1.54) is 18.4 Å². The highest BCUT2D eigenvalue weighted by molar-refractivity contribution is 9.10. The molecule has 2 amide bonds. The number of carbonyl (C=O) groups is 2. The number of halogens is 1. The number of anilines is 1. The highest BCUT2D eigenvalue weighted by Gasteiger charge is 2.16. The Morgan fingerprint density at radius 1 is 1.30 bits per heavy atom. The summed E-state index contributed by atoms with van der Waals surface area (Å²) >= 11 is 4.54. The second-order valence-corrected chi connectivity index (χ2v) is 5.60. The van der Waals surface area contributed by atoms with Gasteiger partial charge in [-0.25, -0.2) is 0 Å².